The second kappa shape index (κ2) is 8.91. The van der Waals surface area contributed by atoms with Crippen molar-refractivity contribution in [3.8, 4) is 0 Å². The first kappa shape index (κ1) is 18.6. The molecule has 24 heavy (non-hydrogen) atoms. The van der Waals surface area contributed by atoms with Crippen LogP contribution >= 0.6 is 11.8 Å². The topological polar surface area (TPSA) is 97.3 Å². The number of nitrogens with zero attached hydrogens (tertiary/aromatic N) is 3. The summed E-state index contributed by atoms with van der Waals surface area (Å²) in [5.74, 6) is -0.321. The fraction of sp³-hybridized carbons (Fsp3) is 0.733. The number of nitrogens with one attached hydrogen (secondary N) is 1. The minimum atomic E-state index is -0.496. The highest BCUT2D eigenvalue weighted by atomic mass is 32.2. The minimum absolute atomic E-state index is 0.128. The number of hydrogen-bond acceptors (Lipinski definition) is 6. The largest absolute Gasteiger partial charge is 0.464 e. The summed E-state index contributed by atoms with van der Waals surface area (Å²) < 4.78 is 6.60. The van der Waals surface area contributed by atoms with E-state index in [-0.39, 0.29) is 23.3 Å². The lowest BCUT2D eigenvalue weighted by atomic mass is 10.0. The third kappa shape index (κ3) is 4.40. The normalized spacial score (nSPS) is 17.8. The molecule has 1 aromatic heterocycles. The molecule has 0 spiro atoms. The number of aromatic amines is 1. The first-order chi connectivity index (χ1) is 11.6. The van der Waals surface area contributed by atoms with Crippen molar-refractivity contribution < 1.29 is 14.3 Å². The number of esters is 1. The maximum absolute atomic E-state index is 12.5. The Morgan fingerprint density at radius 1 is 1.38 bits per heavy atom. The van der Waals surface area contributed by atoms with Gasteiger partial charge in [0, 0.05) is 13.1 Å². The number of piperidine rings is 1. The Bertz CT molecular complexity index is 627. The molecule has 0 unspecified atom stereocenters. The van der Waals surface area contributed by atoms with Gasteiger partial charge in [-0.05, 0) is 32.6 Å². The molecule has 2 rings (SSSR count). The molecular weight excluding hydrogens is 332 g/mol. The molecule has 1 atom stereocenters. The molecule has 1 aliphatic heterocycles. The first-order valence-electron chi connectivity index (χ1n) is 8.32. The summed E-state index contributed by atoms with van der Waals surface area (Å²) in [5, 5.41) is 6.87. The molecule has 1 aromatic rings. The molecule has 1 saturated heterocycles. The number of rotatable bonds is 7. The van der Waals surface area contributed by atoms with Gasteiger partial charge in [0.05, 0.1) is 12.4 Å². The van der Waals surface area contributed by atoms with Crippen molar-refractivity contribution in [1.29, 1.82) is 0 Å². The quantitative estimate of drug-likeness (QED) is 0.579. The molecular formula is C15H24N4O4S. The van der Waals surface area contributed by atoms with E-state index >= 15 is 0 Å². The summed E-state index contributed by atoms with van der Waals surface area (Å²) in [6, 6.07) is -0.496. The summed E-state index contributed by atoms with van der Waals surface area (Å²) in [6.07, 6.45) is 3.24. The van der Waals surface area contributed by atoms with Crippen molar-refractivity contribution in [2.75, 3.05) is 18.9 Å². The molecule has 0 saturated carbocycles. The van der Waals surface area contributed by atoms with Gasteiger partial charge >= 0.3 is 11.7 Å². The Morgan fingerprint density at radius 2 is 2.17 bits per heavy atom. The zero-order chi connectivity index (χ0) is 17.5. The highest BCUT2D eigenvalue weighted by molar-refractivity contribution is 7.99. The molecule has 1 fully saturated rings. The Morgan fingerprint density at radius 3 is 2.88 bits per heavy atom. The van der Waals surface area contributed by atoms with Crippen molar-refractivity contribution in [2.24, 2.45) is 0 Å². The standard InChI is InChI=1S/C15H24N4O4S/c1-3-8-19-14(22)16-17-15(19)24-10-12(20)18-9-6-5-7-11(18)13(21)23-4-2/h11H,3-10H2,1-2H3,(H,16,22)/t11-/m0/s1. The summed E-state index contributed by atoms with van der Waals surface area (Å²) in [7, 11) is 0. The van der Waals surface area contributed by atoms with Crippen molar-refractivity contribution >= 4 is 23.6 Å². The number of hydrogen-bond donors (Lipinski definition) is 1. The van der Waals surface area contributed by atoms with E-state index in [4.69, 9.17) is 4.74 Å². The molecule has 0 aliphatic carbocycles. The number of H-pyrrole nitrogens is 1. The molecule has 0 radical (unpaired) electrons. The highest BCUT2D eigenvalue weighted by Crippen LogP contribution is 2.21. The Kier molecular flexibility index (Phi) is 6.89. The van der Waals surface area contributed by atoms with E-state index in [9.17, 15) is 14.4 Å². The average Bonchev–Trinajstić information content (AvgIpc) is 2.93. The summed E-state index contributed by atoms with van der Waals surface area (Å²) in [5.41, 5.74) is -0.269. The Hall–Kier alpha value is -1.77. The van der Waals surface area contributed by atoms with Crippen molar-refractivity contribution in [3.05, 3.63) is 10.5 Å². The average molecular weight is 356 g/mol. The van der Waals surface area contributed by atoms with Crippen LogP contribution in [0.25, 0.3) is 0 Å². The monoisotopic (exact) mass is 356 g/mol. The maximum atomic E-state index is 12.5. The molecule has 1 aliphatic rings. The summed E-state index contributed by atoms with van der Waals surface area (Å²) in [6.45, 7) is 5.15. The number of thioether (sulfide) groups is 1. The number of carbonyl (C=O) groups is 2. The van der Waals surface area contributed by atoms with Crippen LogP contribution in [0.2, 0.25) is 0 Å². The van der Waals surface area contributed by atoms with E-state index in [2.05, 4.69) is 10.2 Å². The molecule has 8 nitrogen and oxygen atoms in total. The zero-order valence-corrected chi connectivity index (χ0v) is 14.9. The van der Waals surface area contributed by atoms with Gasteiger partial charge in [0.2, 0.25) is 5.91 Å². The molecule has 1 amide bonds. The van der Waals surface area contributed by atoms with Crippen LogP contribution in [0.5, 0.6) is 0 Å². The summed E-state index contributed by atoms with van der Waals surface area (Å²) in [4.78, 5) is 37.8. The first-order valence-corrected chi connectivity index (χ1v) is 9.31. The van der Waals surface area contributed by atoms with Gasteiger partial charge in [-0.2, -0.15) is 0 Å². The fourth-order valence-corrected chi connectivity index (χ4v) is 3.62. The number of aromatic nitrogens is 3. The minimum Gasteiger partial charge on any atom is -0.464 e. The second-order valence-corrected chi connectivity index (χ2v) is 6.54. The van der Waals surface area contributed by atoms with Gasteiger partial charge < -0.3 is 9.64 Å². The van der Waals surface area contributed by atoms with Crippen LogP contribution in [0.1, 0.15) is 39.5 Å². The number of ether oxygens (including phenoxy) is 1. The Balaban J connectivity index is 2.00. The van der Waals surface area contributed by atoms with Crippen molar-refractivity contribution in [3.63, 3.8) is 0 Å². The van der Waals surface area contributed by atoms with E-state index in [1.54, 1.807) is 11.8 Å². The lowest BCUT2D eigenvalue weighted by Crippen LogP contribution is -2.49. The maximum Gasteiger partial charge on any atom is 0.343 e. The van der Waals surface area contributed by atoms with Gasteiger partial charge in [-0.3, -0.25) is 9.36 Å². The predicted octanol–water partition coefficient (Wildman–Crippen LogP) is 1.02. The lowest BCUT2D eigenvalue weighted by molar-refractivity contribution is -0.155. The summed E-state index contributed by atoms with van der Waals surface area (Å²) >= 11 is 1.21. The molecule has 134 valence electrons. The van der Waals surface area contributed by atoms with Crippen LogP contribution in [0.3, 0.4) is 0 Å². The van der Waals surface area contributed by atoms with Gasteiger partial charge in [0.1, 0.15) is 6.04 Å². The SMILES string of the molecule is CCCn1c(SCC(=O)N2CCCC[C@H]2C(=O)OCC)n[nH]c1=O. The van der Waals surface area contributed by atoms with Gasteiger partial charge in [0.25, 0.3) is 0 Å². The fourth-order valence-electron chi connectivity index (χ4n) is 2.76. The molecule has 2 heterocycles. The van der Waals surface area contributed by atoms with Crippen LogP contribution < -0.4 is 5.69 Å². The third-order valence-electron chi connectivity index (χ3n) is 3.88. The van der Waals surface area contributed by atoms with E-state index in [0.717, 1.165) is 19.3 Å². The number of likely N-dealkylation sites (tertiary alicyclic amines) is 1. The van der Waals surface area contributed by atoms with Gasteiger partial charge in [0.15, 0.2) is 5.16 Å². The van der Waals surface area contributed by atoms with Gasteiger partial charge in [-0.15, -0.1) is 5.10 Å². The second-order valence-electron chi connectivity index (χ2n) is 5.60. The molecule has 1 N–H and O–H groups in total. The molecule has 9 heteroatoms. The predicted molar refractivity (Wildman–Crippen MR) is 89.8 cm³/mol. The van der Waals surface area contributed by atoms with E-state index in [1.165, 1.54) is 16.3 Å². The van der Waals surface area contributed by atoms with Gasteiger partial charge in [-0.1, -0.05) is 18.7 Å². The molecule has 0 aromatic carbocycles. The van der Waals surface area contributed by atoms with E-state index < -0.39 is 6.04 Å². The van der Waals surface area contributed by atoms with Crippen LogP contribution in [0.15, 0.2) is 9.95 Å². The van der Waals surface area contributed by atoms with Crippen LogP contribution in [-0.4, -0.2) is 56.5 Å². The smallest absolute Gasteiger partial charge is 0.343 e. The van der Waals surface area contributed by atoms with E-state index in [1.807, 2.05) is 6.92 Å². The number of carbonyl (C=O) groups excluding carboxylic acids is 2. The van der Waals surface area contributed by atoms with Gasteiger partial charge in [-0.25, -0.2) is 14.7 Å². The lowest BCUT2D eigenvalue weighted by Gasteiger charge is -2.33. The zero-order valence-electron chi connectivity index (χ0n) is 14.1. The van der Waals surface area contributed by atoms with Crippen LogP contribution in [0.4, 0.5) is 0 Å². The van der Waals surface area contributed by atoms with Crippen molar-refractivity contribution in [1.82, 2.24) is 19.7 Å². The Labute approximate surface area is 144 Å². The van der Waals surface area contributed by atoms with Crippen molar-refractivity contribution in [2.45, 2.75) is 57.3 Å². The third-order valence-corrected chi connectivity index (χ3v) is 4.84. The molecule has 0 bridgehead atoms. The van der Waals surface area contributed by atoms with E-state index in [0.29, 0.717) is 31.3 Å². The highest BCUT2D eigenvalue weighted by Gasteiger charge is 2.33. The van der Waals surface area contributed by atoms with Crippen LogP contribution in [0, 0.1) is 0 Å². The number of amides is 1. The van der Waals surface area contributed by atoms with Crippen LogP contribution in [-0.2, 0) is 20.9 Å².